The second-order valence-corrected chi connectivity index (χ2v) is 3.97. The molecule has 2 nitrogen and oxygen atoms in total. The van der Waals surface area contributed by atoms with E-state index in [1.165, 1.54) is 12.8 Å². The van der Waals surface area contributed by atoms with Gasteiger partial charge in [-0.15, -0.1) is 0 Å². The quantitative estimate of drug-likeness (QED) is 0.594. The summed E-state index contributed by atoms with van der Waals surface area (Å²) in [6.07, 6.45) is 2.46. The fourth-order valence-corrected chi connectivity index (χ4v) is 2.02. The van der Waals surface area contributed by atoms with E-state index < -0.39 is 0 Å². The van der Waals surface area contributed by atoms with Crippen LogP contribution in [0.3, 0.4) is 0 Å². The van der Waals surface area contributed by atoms with Crippen molar-refractivity contribution in [3.63, 3.8) is 0 Å². The summed E-state index contributed by atoms with van der Waals surface area (Å²) in [6.45, 7) is 4.54. The molecule has 0 spiro atoms. The van der Waals surface area contributed by atoms with Crippen molar-refractivity contribution < 1.29 is 0 Å². The highest BCUT2D eigenvalue weighted by atomic mass is 15.1. The van der Waals surface area contributed by atoms with E-state index in [2.05, 4.69) is 24.5 Å². The first-order valence-corrected chi connectivity index (χ1v) is 3.91. The van der Waals surface area contributed by atoms with Gasteiger partial charge in [0.15, 0.2) is 0 Å². The van der Waals surface area contributed by atoms with Gasteiger partial charge in [0, 0.05) is 11.1 Å². The Balaban J connectivity index is 2.42. The molecule has 2 N–H and O–H groups in total. The van der Waals surface area contributed by atoms with E-state index in [9.17, 15) is 0 Å². The molecule has 0 saturated heterocycles. The third-order valence-corrected chi connectivity index (χ3v) is 2.77. The summed E-state index contributed by atoms with van der Waals surface area (Å²) in [4.78, 5) is 0. The van der Waals surface area contributed by atoms with Crippen LogP contribution in [0.4, 0.5) is 0 Å². The van der Waals surface area contributed by atoms with Crippen LogP contribution < -0.4 is 10.6 Å². The maximum absolute atomic E-state index is 3.33. The molecule has 0 unspecified atom stereocenters. The molecular weight excluding hydrogens is 124 g/mol. The Hall–Kier alpha value is -0.0800. The number of nitrogens with one attached hydrogen (secondary N) is 2. The molecule has 0 amide bonds. The highest BCUT2D eigenvalue weighted by molar-refractivity contribution is 5.08. The molecule has 0 aliphatic heterocycles. The first-order valence-electron chi connectivity index (χ1n) is 3.91. The topological polar surface area (TPSA) is 24.1 Å². The maximum Gasteiger partial charge on any atom is 0.0185 e. The molecule has 0 radical (unpaired) electrons. The molecule has 0 aromatic carbocycles. The highest BCUT2D eigenvalue weighted by Crippen LogP contribution is 2.39. The Labute approximate surface area is 63.4 Å². The molecule has 1 saturated carbocycles. The minimum Gasteiger partial charge on any atom is -0.314 e. The predicted octanol–water partition coefficient (Wildman–Crippen LogP) is 0.736. The van der Waals surface area contributed by atoms with Crippen LogP contribution in [0.2, 0.25) is 0 Å². The van der Waals surface area contributed by atoms with E-state index in [1.807, 2.05) is 14.1 Å². The molecule has 10 heavy (non-hydrogen) atoms. The summed E-state index contributed by atoms with van der Waals surface area (Å²) in [6, 6.07) is 0. The van der Waals surface area contributed by atoms with E-state index >= 15 is 0 Å². The highest BCUT2D eigenvalue weighted by Gasteiger charge is 2.46. The second-order valence-electron chi connectivity index (χ2n) is 3.97. The molecule has 60 valence electrons. The summed E-state index contributed by atoms with van der Waals surface area (Å²) < 4.78 is 0. The van der Waals surface area contributed by atoms with Gasteiger partial charge in [-0.25, -0.2) is 0 Å². The van der Waals surface area contributed by atoms with Crippen molar-refractivity contribution in [1.29, 1.82) is 0 Å². The van der Waals surface area contributed by atoms with Gasteiger partial charge in [0.05, 0.1) is 0 Å². The lowest BCUT2D eigenvalue weighted by Gasteiger charge is -2.53. The van der Waals surface area contributed by atoms with E-state index in [1.54, 1.807) is 0 Å². The lowest BCUT2D eigenvalue weighted by Crippen LogP contribution is -2.65. The van der Waals surface area contributed by atoms with Crippen molar-refractivity contribution >= 4 is 0 Å². The maximum atomic E-state index is 3.33. The van der Waals surface area contributed by atoms with Gasteiger partial charge in [0.2, 0.25) is 0 Å². The smallest absolute Gasteiger partial charge is 0.0185 e. The van der Waals surface area contributed by atoms with Crippen molar-refractivity contribution in [2.24, 2.45) is 0 Å². The van der Waals surface area contributed by atoms with Crippen LogP contribution in [0.1, 0.15) is 26.7 Å². The normalized spacial score (nSPS) is 46.8. The van der Waals surface area contributed by atoms with Crippen LogP contribution in [-0.2, 0) is 0 Å². The van der Waals surface area contributed by atoms with Gasteiger partial charge in [0.1, 0.15) is 0 Å². The van der Waals surface area contributed by atoms with Gasteiger partial charge in [-0.3, -0.25) is 0 Å². The molecule has 0 heterocycles. The molecule has 1 aliphatic carbocycles. The summed E-state index contributed by atoms with van der Waals surface area (Å²) >= 11 is 0. The molecule has 1 fully saturated rings. The first kappa shape index (κ1) is 8.02. The Morgan fingerprint density at radius 2 is 1.20 bits per heavy atom. The summed E-state index contributed by atoms with van der Waals surface area (Å²) in [5.74, 6) is 0. The third-order valence-electron chi connectivity index (χ3n) is 2.77. The van der Waals surface area contributed by atoms with Crippen molar-refractivity contribution in [2.75, 3.05) is 14.1 Å². The zero-order chi connectivity index (χ0) is 7.83. The average Bonchev–Trinajstić information content (AvgIpc) is 1.85. The molecule has 0 aromatic rings. The average molecular weight is 142 g/mol. The third kappa shape index (κ3) is 1.18. The predicted molar refractivity (Wildman–Crippen MR) is 44.2 cm³/mol. The number of hydrogen-bond donors (Lipinski definition) is 2. The SMILES string of the molecule is CNC1(C)CC(C)(NC)C1. The lowest BCUT2D eigenvalue weighted by molar-refractivity contribution is 0.0843. The number of rotatable bonds is 2. The zero-order valence-corrected chi connectivity index (χ0v) is 7.41. The van der Waals surface area contributed by atoms with Crippen LogP contribution in [0.25, 0.3) is 0 Å². The number of hydrogen-bond acceptors (Lipinski definition) is 2. The second kappa shape index (κ2) is 2.21. The minimum atomic E-state index is 0.387. The minimum absolute atomic E-state index is 0.387. The van der Waals surface area contributed by atoms with E-state index in [-0.39, 0.29) is 0 Å². The molecule has 2 heteroatoms. The summed E-state index contributed by atoms with van der Waals surface area (Å²) in [5.41, 5.74) is 0.773. The largest absolute Gasteiger partial charge is 0.314 e. The van der Waals surface area contributed by atoms with Gasteiger partial charge < -0.3 is 10.6 Å². The molecule has 0 aromatic heterocycles. The first-order chi connectivity index (χ1) is 4.54. The van der Waals surface area contributed by atoms with Crippen LogP contribution in [-0.4, -0.2) is 25.2 Å². The Morgan fingerprint density at radius 3 is 1.40 bits per heavy atom. The van der Waals surface area contributed by atoms with Crippen LogP contribution in [0.5, 0.6) is 0 Å². The van der Waals surface area contributed by atoms with Gasteiger partial charge in [0.25, 0.3) is 0 Å². The molecule has 0 bridgehead atoms. The molecule has 1 rings (SSSR count). The fourth-order valence-electron chi connectivity index (χ4n) is 2.02. The van der Waals surface area contributed by atoms with Crippen molar-refractivity contribution in [1.82, 2.24) is 10.6 Å². The summed E-state index contributed by atoms with van der Waals surface area (Å²) in [7, 11) is 4.07. The van der Waals surface area contributed by atoms with Crippen LogP contribution in [0, 0.1) is 0 Å². The van der Waals surface area contributed by atoms with Crippen molar-refractivity contribution in [2.45, 2.75) is 37.8 Å². The van der Waals surface area contributed by atoms with E-state index in [0.29, 0.717) is 11.1 Å². The van der Waals surface area contributed by atoms with Gasteiger partial charge in [-0.1, -0.05) is 0 Å². The lowest BCUT2D eigenvalue weighted by atomic mass is 9.65. The fraction of sp³-hybridized carbons (Fsp3) is 1.00. The van der Waals surface area contributed by atoms with Gasteiger partial charge in [-0.2, -0.15) is 0 Å². The van der Waals surface area contributed by atoms with E-state index in [4.69, 9.17) is 0 Å². The Bertz CT molecular complexity index is 111. The molecule has 1 aliphatic rings. The monoisotopic (exact) mass is 142 g/mol. The zero-order valence-electron chi connectivity index (χ0n) is 7.41. The van der Waals surface area contributed by atoms with Crippen LogP contribution in [0.15, 0.2) is 0 Å². The molecule has 0 atom stereocenters. The molecular formula is C8H18N2. The Morgan fingerprint density at radius 1 is 0.900 bits per heavy atom. The van der Waals surface area contributed by atoms with Crippen molar-refractivity contribution in [3.05, 3.63) is 0 Å². The van der Waals surface area contributed by atoms with Gasteiger partial charge >= 0.3 is 0 Å². The van der Waals surface area contributed by atoms with Crippen molar-refractivity contribution in [3.8, 4) is 0 Å². The standard InChI is InChI=1S/C8H18N2/c1-7(9-3)5-8(2,6-7)10-4/h9-10H,5-6H2,1-4H3. The van der Waals surface area contributed by atoms with E-state index in [0.717, 1.165) is 0 Å². The van der Waals surface area contributed by atoms with Crippen LogP contribution >= 0.6 is 0 Å². The Kier molecular flexibility index (Phi) is 1.77. The van der Waals surface area contributed by atoms with Gasteiger partial charge in [-0.05, 0) is 40.8 Å². The summed E-state index contributed by atoms with van der Waals surface area (Å²) in [5, 5.41) is 6.65.